The van der Waals surface area contributed by atoms with Gasteiger partial charge in [-0.05, 0) is 55.6 Å². The van der Waals surface area contributed by atoms with Crippen LogP contribution in [0.3, 0.4) is 0 Å². The van der Waals surface area contributed by atoms with Gasteiger partial charge in [0.1, 0.15) is 0 Å². The van der Waals surface area contributed by atoms with Gasteiger partial charge in [-0.15, -0.1) is 11.3 Å². The first kappa shape index (κ1) is 12.6. The van der Waals surface area contributed by atoms with Gasteiger partial charge in [0.2, 0.25) is 0 Å². The van der Waals surface area contributed by atoms with Crippen LogP contribution >= 0.6 is 11.3 Å². The Balaban J connectivity index is 1.82. The van der Waals surface area contributed by atoms with E-state index in [0.29, 0.717) is 5.56 Å². The second kappa shape index (κ2) is 5.31. The number of fused-ring (bicyclic) bond motifs is 1. The molecule has 4 heteroatoms. The van der Waals surface area contributed by atoms with Crippen LogP contribution in [0.5, 0.6) is 0 Å². The highest BCUT2D eigenvalue weighted by Crippen LogP contribution is 2.28. The minimum Gasteiger partial charge on any atom is -0.478 e. The fourth-order valence-electron chi connectivity index (χ4n) is 2.65. The largest absolute Gasteiger partial charge is 0.478 e. The number of thiophene rings is 1. The molecule has 1 aliphatic rings. The molecule has 1 aromatic carbocycles. The summed E-state index contributed by atoms with van der Waals surface area (Å²) in [6, 6.07) is 7.52. The van der Waals surface area contributed by atoms with Crippen LogP contribution in [-0.4, -0.2) is 29.1 Å². The molecule has 0 aliphatic carbocycles. The second-order valence-corrected chi connectivity index (χ2v) is 6.28. The molecule has 0 unspecified atom stereocenters. The predicted octanol–water partition coefficient (Wildman–Crippen LogP) is 3.59. The van der Waals surface area contributed by atoms with Gasteiger partial charge in [0.05, 0.1) is 5.56 Å². The van der Waals surface area contributed by atoms with E-state index >= 15 is 0 Å². The number of benzene rings is 1. The van der Waals surface area contributed by atoms with Gasteiger partial charge in [-0.3, -0.25) is 4.90 Å². The number of piperidine rings is 1. The molecule has 1 N–H and O–H groups in total. The third-order valence-electron chi connectivity index (χ3n) is 3.64. The third kappa shape index (κ3) is 2.80. The minimum absolute atomic E-state index is 0.370. The van der Waals surface area contributed by atoms with Crippen molar-refractivity contribution in [3.8, 4) is 0 Å². The van der Waals surface area contributed by atoms with Crippen LogP contribution in [0, 0.1) is 0 Å². The molecule has 1 saturated heterocycles. The van der Waals surface area contributed by atoms with Gasteiger partial charge in [-0.1, -0.05) is 6.42 Å². The second-order valence-electron chi connectivity index (χ2n) is 5.11. The van der Waals surface area contributed by atoms with Crippen molar-refractivity contribution in [2.45, 2.75) is 25.8 Å². The normalized spacial score (nSPS) is 16.8. The van der Waals surface area contributed by atoms with E-state index in [2.05, 4.69) is 11.0 Å². The van der Waals surface area contributed by atoms with Crippen molar-refractivity contribution < 1.29 is 9.90 Å². The van der Waals surface area contributed by atoms with E-state index in [9.17, 15) is 4.79 Å². The molecule has 100 valence electrons. The Labute approximate surface area is 116 Å². The first-order chi connectivity index (χ1) is 9.22. The highest BCUT2D eigenvalue weighted by Gasteiger charge is 2.12. The number of hydrogen-bond donors (Lipinski definition) is 1. The van der Waals surface area contributed by atoms with E-state index in [1.807, 2.05) is 6.07 Å². The molecule has 1 fully saturated rings. The molecule has 0 radical (unpaired) electrons. The topological polar surface area (TPSA) is 40.5 Å². The number of aromatic carboxylic acids is 1. The summed E-state index contributed by atoms with van der Waals surface area (Å²) in [6.07, 6.45) is 3.95. The smallest absolute Gasteiger partial charge is 0.335 e. The van der Waals surface area contributed by atoms with E-state index in [1.165, 1.54) is 41.9 Å². The van der Waals surface area contributed by atoms with Gasteiger partial charge in [0.25, 0.3) is 0 Å². The molecule has 0 bridgehead atoms. The minimum atomic E-state index is -0.856. The average Bonchev–Trinajstić information content (AvgIpc) is 2.80. The molecule has 0 spiro atoms. The zero-order chi connectivity index (χ0) is 13.2. The maximum Gasteiger partial charge on any atom is 0.335 e. The van der Waals surface area contributed by atoms with Crippen molar-refractivity contribution in [1.82, 2.24) is 4.90 Å². The molecule has 0 saturated carbocycles. The first-order valence-corrected chi connectivity index (χ1v) is 7.52. The van der Waals surface area contributed by atoms with Gasteiger partial charge in [0, 0.05) is 16.1 Å². The Hall–Kier alpha value is -1.39. The Morgan fingerprint density at radius 3 is 2.74 bits per heavy atom. The molecule has 0 amide bonds. The molecule has 1 aromatic heterocycles. The van der Waals surface area contributed by atoms with Crippen LogP contribution in [0.2, 0.25) is 0 Å². The van der Waals surface area contributed by atoms with Crippen molar-refractivity contribution in [3.63, 3.8) is 0 Å². The highest BCUT2D eigenvalue weighted by molar-refractivity contribution is 7.19. The van der Waals surface area contributed by atoms with Gasteiger partial charge in [0.15, 0.2) is 0 Å². The molecule has 1 aliphatic heterocycles. The monoisotopic (exact) mass is 275 g/mol. The summed E-state index contributed by atoms with van der Waals surface area (Å²) >= 11 is 1.78. The van der Waals surface area contributed by atoms with Crippen molar-refractivity contribution in [2.24, 2.45) is 0 Å². The lowest BCUT2D eigenvalue weighted by Crippen LogP contribution is -2.28. The standard InChI is InChI=1S/C15H17NO2S/c17-15(18)11-4-5-14-12(8-11)9-13(19-14)10-16-6-2-1-3-7-16/h4-5,8-9H,1-3,6-7,10H2,(H,17,18). The van der Waals surface area contributed by atoms with Crippen LogP contribution < -0.4 is 0 Å². The fraction of sp³-hybridized carbons (Fsp3) is 0.400. The average molecular weight is 275 g/mol. The lowest BCUT2D eigenvalue weighted by Gasteiger charge is -2.25. The summed E-state index contributed by atoms with van der Waals surface area (Å²) in [5, 5.41) is 10.1. The lowest BCUT2D eigenvalue weighted by molar-refractivity contribution is 0.0697. The number of hydrogen-bond acceptors (Lipinski definition) is 3. The zero-order valence-corrected chi connectivity index (χ0v) is 11.6. The first-order valence-electron chi connectivity index (χ1n) is 6.70. The van der Waals surface area contributed by atoms with Crippen molar-refractivity contribution >= 4 is 27.4 Å². The Kier molecular flexibility index (Phi) is 3.53. The van der Waals surface area contributed by atoms with Crippen LogP contribution in [0.25, 0.3) is 10.1 Å². The van der Waals surface area contributed by atoms with E-state index in [4.69, 9.17) is 5.11 Å². The Bertz CT molecular complexity index is 599. The van der Waals surface area contributed by atoms with Crippen LogP contribution in [-0.2, 0) is 6.54 Å². The maximum absolute atomic E-state index is 11.0. The van der Waals surface area contributed by atoms with Crippen molar-refractivity contribution in [1.29, 1.82) is 0 Å². The fourth-order valence-corrected chi connectivity index (χ4v) is 3.73. The molecule has 2 heterocycles. The molecule has 3 nitrogen and oxygen atoms in total. The summed E-state index contributed by atoms with van der Waals surface area (Å²) in [5.74, 6) is -0.856. The third-order valence-corrected chi connectivity index (χ3v) is 4.74. The Morgan fingerprint density at radius 1 is 1.21 bits per heavy atom. The van der Waals surface area contributed by atoms with Crippen molar-refractivity contribution in [2.75, 3.05) is 13.1 Å². The van der Waals surface area contributed by atoms with Crippen molar-refractivity contribution in [3.05, 3.63) is 34.7 Å². The van der Waals surface area contributed by atoms with Gasteiger partial charge in [-0.25, -0.2) is 4.79 Å². The molecule has 0 atom stereocenters. The molecule has 19 heavy (non-hydrogen) atoms. The lowest BCUT2D eigenvalue weighted by atomic mass is 10.1. The maximum atomic E-state index is 11.0. The van der Waals surface area contributed by atoms with Crippen LogP contribution in [0.4, 0.5) is 0 Å². The van der Waals surface area contributed by atoms with E-state index in [0.717, 1.165) is 11.9 Å². The van der Waals surface area contributed by atoms with E-state index in [-0.39, 0.29) is 0 Å². The number of rotatable bonds is 3. The van der Waals surface area contributed by atoms with E-state index < -0.39 is 5.97 Å². The number of carboxylic acid groups (broad SMARTS) is 1. The molecular formula is C15H17NO2S. The predicted molar refractivity (Wildman–Crippen MR) is 77.9 cm³/mol. The van der Waals surface area contributed by atoms with E-state index in [1.54, 1.807) is 23.5 Å². The Morgan fingerprint density at radius 2 is 2.00 bits per heavy atom. The highest BCUT2D eigenvalue weighted by atomic mass is 32.1. The quantitative estimate of drug-likeness (QED) is 0.930. The number of likely N-dealkylation sites (tertiary alicyclic amines) is 1. The summed E-state index contributed by atoms with van der Waals surface area (Å²) in [5.41, 5.74) is 0.370. The number of carboxylic acids is 1. The van der Waals surface area contributed by atoms with Gasteiger partial charge < -0.3 is 5.11 Å². The van der Waals surface area contributed by atoms with Crippen LogP contribution in [0.1, 0.15) is 34.5 Å². The summed E-state index contributed by atoms with van der Waals surface area (Å²) < 4.78 is 1.18. The summed E-state index contributed by atoms with van der Waals surface area (Å²) in [6.45, 7) is 3.38. The SMILES string of the molecule is O=C(O)c1ccc2sc(CN3CCCCC3)cc2c1. The summed E-state index contributed by atoms with van der Waals surface area (Å²) in [7, 11) is 0. The number of nitrogens with zero attached hydrogens (tertiary/aromatic N) is 1. The zero-order valence-electron chi connectivity index (χ0n) is 10.8. The van der Waals surface area contributed by atoms with Crippen LogP contribution in [0.15, 0.2) is 24.3 Å². The molecule has 3 rings (SSSR count). The summed E-state index contributed by atoms with van der Waals surface area (Å²) in [4.78, 5) is 14.8. The van der Waals surface area contributed by atoms with Gasteiger partial charge >= 0.3 is 5.97 Å². The molecular weight excluding hydrogens is 258 g/mol. The van der Waals surface area contributed by atoms with Gasteiger partial charge in [-0.2, -0.15) is 0 Å². The number of carbonyl (C=O) groups is 1. The molecule has 2 aromatic rings.